The standard InChI is InChI=1S/C22H28BrN3O/c1-14-8-9-16-13-26(24-3)20(12-17(16)15(14)2)22(10-11-23)18-6-4-5-7-19(18)25-21(22)27/h4-7,14-17,20H,8-13H2,1-2H3,(H,25,27)/t14-,15-,16-,17+,20-,22-/m0/s1. The molecule has 0 aromatic heterocycles. The first-order valence-corrected chi connectivity index (χ1v) is 11.3. The third kappa shape index (κ3) is 2.79. The number of para-hydroxylation sites is 1. The maximum Gasteiger partial charge on any atom is 0.237 e. The van der Waals surface area contributed by atoms with Crippen molar-refractivity contribution in [2.24, 2.45) is 23.7 Å². The van der Waals surface area contributed by atoms with E-state index >= 15 is 0 Å². The zero-order chi connectivity index (χ0) is 19.2. The first-order chi connectivity index (χ1) is 13.0. The molecule has 4 nitrogen and oxygen atoms in total. The summed E-state index contributed by atoms with van der Waals surface area (Å²) in [5, 5.41) is 5.79. The van der Waals surface area contributed by atoms with Crippen molar-refractivity contribution < 1.29 is 4.79 Å². The maximum atomic E-state index is 13.3. The Kier molecular flexibility index (Phi) is 4.96. The molecule has 4 rings (SSSR count). The molecule has 1 saturated heterocycles. The molecular weight excluding hydrogens is 402 g/mol. The summed E-state index contributed by atoms with van der Waals surface area (Å²) in [4.78, 5) is 17.3. The third-order valence-corrected chi connectivity index (χ3v) is 8.09. The van der Waals surface area contributed by atoms with Crippen LogP contribution in [0.25, 0.3) is 4.95 Å². The van der Waals surface area contributed by atoms with Gasteiger partial charge in [0.05, 0.1) is 6.54 Å². The van der Waals surface area contributed by atoms with Crippen LogP contribution in [0.4, 0.5) is 5.69 Å². The summed E-state index contributed by atoms with van der Waals surface area (Å²) >= 11 is 3.60. The summed E-state index contributed by atoms with van der Waals surface area (Å²) in [7, 11) is 0. The number of amides is 1. The van der Waals surface area contributed by atoms with Gasteiger partial charge in [0.25, 0.3) is 0 Å². The van der Waals surface area contributed by atoms with Crippen molar-refractivity contribution in [3.8, 4) is 0 Å². The van der Waals surface area contributed by atoms with Crippen LogP contribution in [0.5, 0.6) is 0 Å². The number of benzene rings is 1. The van der Waals surface area contributed by atoms with E-state index in [9.17, 15) is 4.79 Å². The van der Waals surface area contributed by atoms with Crippen molar-refractivity contribution in [2.75, 3.05) is 17.2 Å². The first kappa shape index (κ1) is 18.8. The van der Waals surface area contributed by atoms with Crippen molar-refractivity contribution in [1.82, 2.24) is 5.01 Å². The summed E-state index contributed by atoms with van der Waals surface area (Å²) in [6.07, 6.45) is 4.12. The fourth-order valence-electron chi connectivity index (χ4n) is 5.98. The Labute approximate surface area is 170 Å². The minimum atomic E-state index is -0.643. The van der Waals surface area contributed by atoms with Gasteiger partial charge in [-0.25, -0.2) is 0 Å². The molecule has 0 unspecified atom stereocenters. The van der Waals surface area contributed by atoms with Gasteiger partial charge < -0.3 is 5.32 Å². The lowest BCUT2D eigenvalue weighted by Gasteiger charge is -2.50. The molecule has 2 fully saturated rings. The normalized spacial score (nSPS) is 37.9. The number of halogens is 1. The average Bonchev–Trinajstić information content (AvgIpc) is 2.96. The molecule has 0 bridgehead atoms. The first-order valence-electron chi connectivity index (χ1n) is 10.1. The number of rotatable bonds is 3. The fourth-order valence-corrected chi connectivity index (χ4v) is 6.61. The number of piperidine rings is 1. The molecule has 1 aliphatic carbocycles. The smallest absolute Gasteiger partial charge is 0.237 e. The van der Waals surface area contributed by atoms with E-state index < -0.39 is 5.41 Å². The molecule has 2 aliphatic heterocycles. The quantitative estimate of drug-likeness (QED) is 0.549. The minimum absolute atomic E-state index is 0.0646. The number of nitrogens with one attached hydrogen (secondary N) is 1. The molecule has 0 spiro atoms. The van der Waals surface area contributed by atoms with Gasteiger partial charge in [-0.1, -0.05) is 54.4 Å². The maximum absolute atomic E-state index is 13.3. The van der Waals surface area contributed by atoms with E-state index in [0.29, 0.717) is 24.2 Å². The lowest BCUT2D eigenvalue weighted by atomic mass is 9.60. The van der Waals surface area contributed by atoms with Gasteiger partial charge in [0.1, 0.15) is 11.5 Å². The number of carbonyl (C=O) groups excluding carboxylic acids is 1. The van der Waals surface area contributed by atoms with Gasteiger partial charge in [-0.2, -0.15) is 11.5 Å². The van der Waals surface area contributed by atoms with Gasteiger partial charge in [-0.15, -0.1) is 5.01 Å². The molecular formula is C22H28BrN3O. The van der Waals surface area contributed by atoms with E-state index in [1.807, 2.05) is 23.2 Å². The predicted octanol–water partition coefficient (Wildman–Crippen LogP) is 4.87. The highest BCUT2D eigenvalue weighted by atomic mass is 79.9. The topological polar surface area (TPSA) is 36.7 Å². The molecule has 6 atom stereocenters. The molecule has 0 radical (unpaired) electrons. The van der Waals surface area contributed by atoms with Gasteiger partial charge in [0.2, 0.25) is 5.91 Å². The van der Waals surface area contributed by atoms with Gasteiger partial charge in [-0.3, -0.25) is 4.79 Å². The second kappa shape index (κ2) is 7.13. The Hall–Kier alpha value is -1.54. The summed E-state index contributed by atoms with van der Waals surface area (Å²) in [5.41, 5.74) is 1.35. The van der Waals surface area contributed by atoms with E-state index in [-0.39, 0.29) is 11.9 Å². The molecule has 2 heterocycles. The van der Waals surface area contributed by atoms with E-state index in [0.717, 1.165) is 35.5 Å². The summed E-state index contributed by atoms with van der Waals surface area (Å²) in [6.45, 7) is 13.4. The van der Waals surface area contributed by atoms with Crippen LogP contribution in [0.15, 0.2) is 24.3 Å². The number of nitrogens with zero attached hydrogens (tertiary/aromatic N) is 2. The Morgan fingerprint density at radius 2 is 2.11 bits per heavy atom. The van der Waals surface area contributed by atoms with Crippen LogP contribution in [0.1, 0.15) is 45.1 Å². The number of alkyl halides is 1. The number of carbonyl (C=O) groups is 1. The van der Waals surface area contributed by atoms with Gasteiger partial charge in [0.15, 0.2) is 0 Å². The molecule has 144 valence electrons. The molecule has 1 aromatic rings. The van der Waals surface area contributed by atoms with Crippen LogP contribution in [0, 0.1) is 30.2 Å². The predicted molar refractivity (Wildman–Crippen MR) is 111 cm³/mol. The monoisotopic (exact) mass is 429 g/mol. The molecule has 27 heavy (non-hydrogen) atoms. The van der Waals surface area contributed by atoms with Crippen LogP contribution in [0.3, 0.4) is 0 Å². The number of fused-ring (bicyclic) bond motifs is 2. The van der Waals surface area contributed by atoms with E-state index in [1.165, 1.54) is 12.8 Å². The molecule has 1 aromatic carbocycles. The Morgan fingerprint density at radius 1 is 1.33 bits per heavy atom. The highest BCUT2D eigenvalue weighted by Crippen LogP contribution is 2.52. The van der Waals surface area contributed by atoms with Crippen molar-refractivity contribution in [1.29, 1.82) is 0 Å². The van der Waals surface area contributed by atoms with Crippen LogP contribution in [0.2, 0.25) is 0 Å². The van der Waals surface area contributed by atoms with Crippen LogP contribution in [-0.4, -0.2) is 28.8 Å². The van der Waals surface area contributed by atoms with Crippen molar-refractivity contribution in [3.05, 3.63) is 41.4 Å². The van der Waals surface area contributed by atoms with Gasteiger partial charge in [-0.05, 0) is 54.6 Å². The highest BCUT2D eigenvalue weighted by molar-refractivity contribution is 9.09. The lowest BCUT2D eigenvalue weighted by Crippen LogP contribution is -2.59. The van der Waals surface area contributed by atoms with Gasteiger partial charge in [0, 0.05) is 11.0 Å². The highest BCUT2D eigenvalue weighted by Gasteiger charge is 2.59. The summed E-state index contributed by atoms with van der Waals surface area (Å²) in [5.74, 6) is 2.63. The van der Waals surface area contributed by atoms with Crippen molar-refractivity contribution >= 4 is 27.5 Å². The second-order valence-corrected chi connectivity index (χ2v) is 9.51. The van der Waals surface area contributed by atoms with Crippen LogP contribution < -0.4 is 5.32 Å². The average molecular weight is 430 g/mol. The van der Waals surface area contributed by atoms with Crippen LogP contribution >= 0.6 is 15.9 Å². The largest absolute Gasteiger partial charge is 0.325 e. The molecule has 3 aliphatic rings. The fraction of sp³-hybridized carbons (Fsp3) is 0.636. The Bertz CT molecular complexity index is 775. The summed E-state index contributed by atoms with van der Waals surface area (Å²) < 4.78 is 0. The zero-order valence-corrected chi connectivity index (χ0v) is 17.7. The lowest BCUT2D eigenvalue weighted by molar-refractivity contribution is -0.125. The summed E-state index contributed by atoms with van der Waals surface area (Å²) in [6, 6.07) is 7.99. The molecule has 5 heteroatoms. The number of hydrogen-bond acceptors (Lipinski definition) is 2. The number of hydrogen-bond donors (Lipinski definition) is 1. The van der Waals surface area contributed by atoms with E-state index in [4.69, 9.17) is 6.57 Å². The van der Waals surface area contributed by atoms with E-state index in [1.54, 1.807) is 0 Å². The number of anilines is 1. The Morgan fingerprint density at radius 3 is 2.85 bits per heavy atom. The molecule has 1 saturated carbocycles. The van der Waals surface area contributed by atoms with Crippen molar-refractivity contribution in [2.45, 2.75) is 51.0 Å². The Balaban J connectivity index is 1.78. The van der Waals surface area contributed by atoms with E-state index in [2.05, 4.69) is 46.1 Å². The van der Waals surface area contributed by atoms with Crippen molar-refractivity contribution in [3.63, 3.8) is 0 Å². The molecule has 1 amide bonds. The second-order valence-electron chi connectivity index (χ2n) is 8.72. The SMILES string of the molecule is [C-]#[N+]N1C[C@@H]2CC[C@H](C)[C@H](C)[C@H]2C[C@H]1[C@@]1(CCBr)C(=O)Nc2ccccc21. The van der Waals surface area contributed by atoms with Crippen LogP contribution in [-0.2, 0) is 10.2 Å². The molecule has 1 N–H and O–H groups in total. The minimum Gasteiger partial charge on any atom is -0.325 e. The van der Waals surface area contributed by atoms with Gasteiger partial charge >= 0.3 is 0 Å². The zero-order valence-electron chi connectivity index (χ0n) is 16.1. The third-order valence-electron chi connectivity index (χ3n) is 7.70.